The number of piperidine rings is 1. The number of hydrogen-bond donors (Lipinski definition) is 1. The van der Waals surface area contributed by atoms with Crippen molar-refractivity contribution in [3.8, 4) is 0 Å². The molecule has 1 aromatic carbocycles. The molecular formula is C19H25N3O2S. The minimum atomic E-state index is -0.0474. The predicted octanol–water partition coefficient (Wildman–Crippen LogP) is 3.71. The highest BCUT2D eigenvalue weighted by Gasteiger charge is 2.16. The van der Waals surface area contributed by atoms with E-state index in [2.05, 4.69) is 34.3 Å². The standard InChI is InChI=1S/C19H25N3O2S/c1-14-7-9-22(10-8-14)17-5-3-15(4-6-17)20-18(23)11-16-13-25-19(21-16)12-24-2/h3-6,13-14H,7-12H2,1-2H3,(H,20,23). The Morgan fingerprint density at radius 2 is 2.04 bits per heavy atom. The summed E-state index contributed by atoms with van der Waals surface area (Å²) in [5.41, 5.74) is 2.84. The summed E-state index contributed by atoms with van der Waals surface area (Å²) >= 11 is 1.52. The number of amides is 1. The Hall–Kier alpha value is -1.92. The van der Waals surface area contributed by atoms with E-state index in [1.807, 2.05) is 17.5 Å². The number of nitrogens with zero attached hydrogens (tertiary/aromatic N) is 2. The molecule has 0 saturated carbocycles. The van der Waals surface area contributed by atoms with Crippen molar-refractivity contribution in [3.63, 3.8) is 0 Å². The summed E-state index contributed by atoms with van der Waals surface area (Å²) < 4.78 is 5.05. The Bertz CT molecular complexity index is 691. The van der Waals surface area contributed by atoms with Gasteiger partial charge in [0.2, 0.25) is 5.91 Å². The van der Waals surface area contributed by atoms with Crippen LogP contribution in [0.15, 0.2) is 29.6 Å². The second kappa shape index (κ2) is 8.45. The lowest BCUT2D eigenvalue weighted by molar-refractivity contribution is -0.115. The number of carbonyl (C=O) groups excluding carboxylic acids is 1. The van der Waals surface area contributed by atoms with Crippen molar-refractivity contribution in [3.05, 3.63) is 40.3 Å². The molecular weight excluding hydrogens is 334 g/mol. The zero-order chi connectivity index (χ0) is 17.6. The number of hydrogen-bond acceptors (Lipinski definition) is 5. The maximum atomic E-state index is 12.2. The highest BCUT2D eigenvalue weighted by molar-refractivity contribution is 7.09. The molecule has 1 aromatic heterocycles. The number of aromatic nitrogens is 1. The lowest BCUT2D eigenvalue weighted by Crippen LogP contribution is -2.32. The average Bonchev–Trinajstić information content (AvgIpc) is 3.03. The van der Waals surface area contributed by atoms with Gasteiger partial charge in [-0.05, 0) is 43.0 Å². The molecule has 2 heterocycles. The van der Waals surface area contributed by atoms with Gasteiger partial charge >= 0.3 is 0 Å². The van der Waals surface area contributed by atoms with Gasteiger partial charge in [0.1, 0.15) is 5.01 Å². The first-order valence-corrected chi connectivity index (χ1v) is 9.59. The fourth-order valence-corrected chi connectivity index (χ4v) is 3.78. The van der Waals surface area contributed by atoms with Crippen LogP contribution in [0.3, 0.4) is 0 Å². The molecule has 1 N–H and O–H groups in total. The third-order valence-corrected chi connectivity index (χ3v) is 5.38. The third-order valence-electron chi connectivity index (χ3n) is 4.51. The van der Waals surface area contributed by atoms with Crippen LogP contribution in [-0.2, 0) is 22.6 Å². The first-order valence-electron chi connectivity index (χ1n) is 8.71. The monoisotopic (exact) mass is 359 g/mol. The summed E-state index contributed by atoms with van der Waals surface area (Å²) in [4.78, 5) is 19.0. The molecule has 6 heteroatoms. The molecule has 1 saturated heterocycles. The summed E-state index contributed by atoms with van der Waals surface area (Å²) in [6.45, 7) is 5.03. The molecule has 1 amide bonds. The largest absolute Gasteiger partial charge is 0.378 e. The Labute approximate surface area is 153 Å². The highest BCUT2D eigenvalue weighted by atomic mass is 32.1. The summed E-state index contributed by atoms with van der Waals surface area (Å²) in [5, 5.41) is 5.75. The third kappa shape index (κ3) is 5.03. The molecule has 0 atom stereocenters. The topological polar surface area (TPSA) is 54.5 Å². The number of rotatable bonds is 6. The Morgan fingerprint density at radius 1 is 1.32 bits per heavy atom. The van der Waals surface area contributed by atoms with Gasteiger partial charge in [-0.15, -0.1) is 11.3 Å². The highest BCUT2D eigenvalue weighted by Crippen LogP contribution is 2.24. The van der Waals surface area contributed by atoms with Gasteiger partial charge in [0.25, 0.3) is 0 Å². The zero-order valence-corrected chi connectivity index (χ0v) is 15.6. The first kappa shape index (κ1) is 17.9. The second-order valence-electron chi connectivity index (χ2n) is 6.61. The molecule has 5 nitrogen and oxygen atoms in total. The SMILES string of the molecule is COCc1nc(CC(=O)Nc2ccc(N3CCC(C)CC3)cc2)cs1. The first-order chi connectivity index (χ1) is 12.1. The molecule has 3 rings (SSSR count). The summed E-state index contributed by atoms with van der Waals surface area (Å²) in [6, 6.07) is 8.13. The van der Waals surface area contributed by atoms with Crippen LogP contribution in [0.1, 0.15) is 30.5 Å². The van der Waals surface area contributed by atoms with Gasteiger partial charge in [-0.2, -0.15) is 0 Å². The number of ether oxygens (including phenoxy) is 1. The van der Waals surface area contributed by atoms with Crippen LogP contribution in [0, 0.1) is 5.92 Å². The van der Waals surface area contributed by atoms with Crippen molar-refractivity contribution in [2.45, 2.75) is 32.8 Å². The molecule has 0 unspecified atom stereocenters. The lowest BCUT2D eigenvalue weighted by Gasteiger charge is -2.32. The van der Waals surface area contributed by atoms with E-state index < -0.39 is 0 Å². The van der Waals surface area contributed by atoms with Gasteiger partial charge in [-0.1, -0.05) is 6.92 Å². The molecule has 1 fully saturated rings. The summed E-state index contributed by atoms with van der Waals surface area (Å²) in [6.07, 6.45) is 2.78. The fraction of sp³-hybridized carbons (Fsp3) is 0.474. The molecule has 0 bridgehead atoms. The van der Waals surface area contributed by atoms with Gasteiger partial charge in [0.15, 0.2) is 0 Å². The van der Waals surface area contributed by atoms with Crippen LogP contribution in [0.25, 0.3) is 0 Å². The summed E-state index contributed by atoms with van der Waals surface area (Å²) in [7, 11) is 1.64. The summed E-state index contributed by atoms with van der Waals surface area (Å²) in [5.74, 6) is 0.777. The normalized spacial score (nSPS) is 15.4. The maximum Gasteiger partial charge on any atom is 0.230 e. The van der Waals surface area contributed by atoms with Crippen molar-refractivity contribution in [2.24, 2.45) is 5.92 Å². The Balaban J connectivity index is 1.52. The van der Waals surface area contributed by atoms with Crippen LogP contribution >= 0.6 is 11.3 Å². The maximum absolute atomic E-state index is 12.2. The molecule has 0 spiro atoms. The van der Waals surface area contributed by atoms with Gasteiger partial charge in [-0.25, -0.2) is 4.98 Å². The van der Waals surface area contributed by atoms with E-state index in [4.69, 9.17) is 4.74 Å². The second-order valence-corrected chi connectivity index (χ2v) is 7.55. The van der Waals surface area contributed by atoms with Gasteiger partial charge in [0, 0.05) is 37.0 Å². The average molecular weight is 359 g/mol. The quantitative estimate of drug-likeness (QED) is 0.854. The van der Waals surface area contributed by atoms with E-state index in [-0.39, 0.29) is 12.3 Å². The van der Waals surface area contributed by atoms with Crippen LogP contribution in [0.4, 0.5) is 11.4 Å². The number of carbonyl (C=O) groups is 1. The number of benzene rings is 1. The fourth-order valence-electron chi connectivity index (χ4n) is 3.01. The number of thiazole rings is 1. The molecule has 1 aliphatic rings. The number of nitrogens with one attached hydrogen (secondary N) is 1. The molecule has 0 aliphatic carbocycles. The van der Waals surface area contributed by atoms with Gasteiger partial charge in [0.05, 0.1) is 18.7 Å². The minimum absolute atomic E-state index is 0.0474. The van der Waals surface area contributed by atoms with Crippen LogP contribution in [0.2, 0.25) is 0 Å². The van der Waals surface area contributed by atoms with E-state index in [9.17, 15) is 4.79 Å². The van der Waals surface area contributed by atoms with Gasteiger partial charge < -0.3 is 15.0 Å². The van der Waals surface area contributed by atoms with E-state index in [1.54, 1.807) is 7.11 Å². The van der Waals surface area contributed by atoms with E-state index in [0.717, 1.165) is 35.4 Å². The molecule has 0 radical (unpaired) electrons. The predicted molar refractivity (Wildman–Crippen MR) is 102 cm³/mol. The Kier molecular flexibility index (Phi) is 6.04. The molecule has 134 valence electrons. The van der Waals surface area contributed by atoms with Crippen LogP contribution < -0.4 is 10.2 Å². The van der Waals surface area contributed by atoms with E-state index in [0.29, 0.717) is 6.61 Å². The molecule has 2 aromatic rings. The van der Waals surface area contributed by atoms with Crippen molar-refractivity contribution < 1.29 is 9.53 Å². The number of methoxy groups -OCH3 is 1. The zero-order valence-electron chi connectivity index (χ0n) is 14.8. The Morgan fingerprint density at radius 3 is 2.72 bits per heavy atom. The molecule has 25 heavy (non-hydrogen) atoms. The smallest absolute Gasteiger partial charge is 0.230 e. The number of anilines is 2. The van der Waals surface area contributed by atoms with Crippen molar-refractivity contribution in [1.29, 1.82) is 0 Å². The van der Waals surface area contributed by atoms with E-state index in [1.165, 1.54) is 29.9 Å². The van der Waals surface area contributed by atoms with Gasteiger partial charge in [-0.3, -0.25) is 4.79 Å². The van der Waals surface area contributed by atoms with Crippen molar-refractivity contribution in [1.82, 2.24) is 4.98 Å². The van der Waals surface area contributed by atoms with Crippen LogP contribution in [0.5, 0.6) is 0 Å². The van der Waals surface area contributed by atoms with Crippen LogP contribution in [-0.4, -0.2) is 31.1 Å². The lowest BCUT2D eigenvalue weighted by atomic mass is 9.99. The van der Waals surface area contributed by atoms with Crippen molar-refractivity contribution in [2.75, 3.05) is 30.4 Å². The van der Waals surface area contributed by atoms with E-state index >= 15 is 0 Å². The minimum Gasteiger partial charge on any atom is -0.378 e. The molecule has 1 aliphatic heterocycles. The van der Waals surface area contributed by atoms with Crippen molar-refractivity contribution >= 4 is 28.6 Å².